The minimum atomic E-state index is -1.10. The zero-order valence-electron chi connectivity index (χ0n) is 12.8. The average molecular weight is 341 g/mol. The lowest BCUT2D eigenvalue weighted by Crippen LogP contribution is -2.15. The van der Waals surface area contributed by atoms with Crippen molar-refractivity contribution in [2.24, 2.45) is 0 Å². The number of nitrogens with one attached hydrogen (secondary N) is 1. The number of carbonyl (C=O) groups excluding carboxylic acids is 1. The largest absolute Gasteiger partial charge is 0.360 e. The van der Waals surface area contributed by atoms with Gasteiger partial charge in [0.15, 0.2) is 5.82 Å². The van der Waals surface area contributed by atoms with Crippen molar-refractivity contribution in [3.05, 3.63) is 27.9 Å². The third-order valence-corrected chi connectivity index (χ3v) is 5.30. The van der Waals surface area contributed by atoms with E-state index in [1.165, 1.54) is 0 Å². The van der Waals surface area contributed by atoms with Crippen molar-refractivity contribution in [2.45, 2.75) is 38.9 Å². The smallest absolute Gasteiger partial charge is 0.226 e. The van der Waals surface area contributed by atoms with Crippen LogP contribution in [0.4, 0.5) is 5.82 Å². The van der Waals surface area contributed by atoms with Crippen LogP contribution in [0.25, 0.3) is 0 Å². The molecule has 2 rings (SSSR count). The first-order valence-electron chi connectivity index (χ1n) is 6.96. The van der Waals surface area contributed by atoms with Gasteiger partial charge in [0.25, 0.3) is 0 Å². The van der Waals surface area contributed by atoms with Gasteiger partial charge in [-0.3, -0.25) is 9.00 Å². The van der Waals surface area contributed by atoms with Gasteiger partial charge in [0, 0.05) is 40.3 Å². The Kier molecular flexibility index (Phi) is 5.84. The van der Waals surface area contributed by atoms with Crippen LogP contribution in [0.2, 0.25) is 0 Å². The average Bonchev–Trinajstić information content (AvgIpc) is 3.06. The van der Waals surface area contributed by atoms with Crippen LogP contribution in [-0.4, -0.2) is 26.0 Å². The number of thiazole rings is 1. The van der Waals surface area contributed by atoms with E-state index in [1.54, 1.807) is 24.3 Å². The molecule has 2 aromatic heterocycles. The Morgan fingerprint density at radius 3 is 2.86 bits per heavy atom. The molecule has 0 bridgehead atoms. The van der Waals surface area contributed by atoms with Crippen molar-refractivity contribution < 1.29 is 13.5 Å². The first kappa shape index (κ1) is 16.8. The lowest BCUT2D eigenvalue weighted by Gasteiger charge is -2.01. The van der Waals surface area contributed by atoms with E-state index < -0.39 is 10.8 Å². The second-order valence-electron chi connectivity index (χ2n) is 5.24. The van der Waals surface area contributed by atoms with Crippen molar-refractivity contribution in [1.82, 2.24) is 10.1 Å². The fourth-order valence-electron chi connectivity index (χ4n) is 1.73. The summed E-state index contributed by atoms with van der Waals surface area (Å²) in [5, 5.41) is 9.27. The highest BCUT2D eigenvalue weighted by Gasteiger charge is 2.11. The highest BCUT2D eigenvalue weighted by Crippen LogP contribution is 2.20. The van der Waals surface area contributed by atoms with Crippen LogP contribution in [0.5, 0.6) is 0 Å². The fraction of sp³-hybridized carbons (Fsp3) is 0.500. The third kappa shape index (κ3) is 5.03. The molecule has 2 aromatic rings. The zero-order chi connectivity index (χ0) is 16.1. The molecule has 2 heterocycles. The standard InChI is InChI=1S/C14H19N3O3S2/c1-9(2)14-15-11(7-21-14)8-22(19)5-4-13(18)16-12-6-10(3)20-17-12/h6-7,9H,4-5,8H2,1-3H3,(H,16,17,18)/t22-/m0/s1. The molecule has 1 amide bonds. The van der Waals surface area contributed by atoms with E-state index >= 15 is 0 Å². The maximum Gasteiger partial charge on any atom is 0.226 e. The fourth-order valence-corrected chi connectivity index (χ4v) is 3.70. The number of rotatable bonds is 7. The van der Waals surface area contributed by atoms with Crippen molar-refractivity contribution in [3.63, 3.8) is 0 Å². The van der Waals surface area contributed by atoms with Gasteiger partial charge >= 0.3 is 0 Å². The second-order valence-corrected chi connectivity index (χ2v) is 7.71. The van der Waals surface area contributed by atoms with Gasteiger partial charge in [-0.2, -0.15) is 0 Å². The molecule has 120 valence electrons. The monoisotopic (exact) mass is 341 g/mol. The van der Waals surface area contributed by atoms with Gasteiger partial charge in [-0.1, -0.05) is 19.0 Å². The summed E-state index contributed by atoms with van der Waals surface area (Å²) in [6, 6.07) is 1.64. The van der Waals surface area contributed by atoms with Crippen LogP contribution in [-0.2, 0) is 21.3 Å². The van der Waals surface area contributed by atoms with Crippen molar-refractivity contribution in [2.75, 3.05) is 11.1 Å². The summed E-state index contributed by atoms with van der Waals surface area (Å²) in [7, 11) is -1.10. The molecule has 0 spiro atoms. The molecular formula is C14H19N3O3S2. The van der Waals surface area contributed by atoms with Crippen LogP contribution in [0.15, 0.2) is 16.0 Å². The number of anilines is 1. The number of aryl methyl sites for hydroxylation is 1. The second kappa shape index (κ2) is 7.64. The molecule has 1 N–H and O–H groups in total. The van der Waals surface area contributed by atoms with Crippen LogP contribution < -0.4 is 5.32 Å². The third-order valence-electron chi connectivity index (χ3n) is 2.82. The van der Waals surface area contributed by atoms with Crippen LogP contribution in [0.3, 0.4) is 0 Å². The topological polar surface area (TPSA) is 85.1 Å². The molecule has 0 radical (unpaired) electrons. The quantitative estimate of drug-likeness (QED) is 0.837. The Morgan fingerprint density at radius 2 is 2.27 bits per heavy atom. The number of carbonyl (C=O) groups is 1. The summed E-state index contributed by atoms with van der Waals surface area (Å²) < 4.78 is 16.9. The normalized spacial score (nSPS) is 12.5. The lowest BCUT2D eigenvalue weighted by atomic mass is 10.2. The molecular weight excluding hydrogens is 322 g/mol. The number of hydrogen-bond acceptors (Lipinski definition) is 6. The van der Waals surface area contributed by atoms with E-state index in [2.05, 4.69) is 29.3 Å². The minimum absolute atomic E-state index is 0.180. The molecule has 0 aliphatic carbocycles. The molecule has 8 heteroatoms. The van der Waals surface area contributed by atoms with Gasteiger partial charge in [-0.05, 0) is 6.92 Å². The Morgan fingerprint density at radius 1 is 1.50 bits per heavy atom. The molecule has 6 nitrogen and oxygen atoms in total. The van der Waals surface area contributed by atoms with Crippen molar-refractivity contribution in [1.29, 1.82) is 0 Å². The predicted octanol–water partition coefficient (Wildman–Crippen LogP) is 2.84. The molecule has 0 unspecified atom stereocenters. The molecule has 0 saturated carbocycles. The van der Waals surface area contributed by atoms with Gasteiger partial charge < -0.3 is 9.84 Å². The first-order chi connectivity index (χ1) is 10.4. The summed E-state index contributed by atoms with van der Waals surface area (Å²) in [6.07, 6.45) is 0.180. The van der Waals surface area contributed by atoms with Crippen LogP contribution in [0.1, 0.15) is 42.6 Å². The SMILES string of the molecule is Cc1cc(NC(=O)CC[S@](=O)Cc2csc(C(C)C)n2)no1. The van der Waals surface area contributed by atoms with Gasteiger partial charge in [0.1, 0.15) is 5.76 Å². The number of amides is 1. The Bertz CT molecular complexity index is 664. The Balaban J connectivity index is 1.76. The molecule has 0 saturated heterocycles. The molecule has 0 fully saturated rings. The van der Waals surface area contributed by atoms with Gasteiger partial charge in [0.05, 0.1) is 16.5 Å². The maximum absolute atomic E-state index is 12.0. The van der Waals surface area contributed by atoms with E-state index in [0.717, 1.165) is 10.7 Å². The van der Waals surface area contributed by atoms with E-state index in [-0.39, 0.29) is 12.3 Å². The Hall–Kier alpha value is -1.54. The zero-order valence-corrected chi connectivity index (χ0v) is 14.4. The van der Waals surface area contributed by atoms with Gasteiger partial charge in [-0.15, -0.1) is 11.3 Å². The summed E-state index contributed by atoms with van der Waals surface area (Å²) in [5.41, 5.74) is 0.833. The summed E-state index contributed by atoms with van der Waals surface area (Å²) in [5.74, 6) is 1.86. The lowest BCUT2D eigenvalue weighted by molar-refractivity contribution is -0.115. The van der Waals surface area contributed by atoms with Crippen molar-refractivity contribution in [3.8, 4) is 0 Å². The maximum atomic E-state index is 12.0. The Labute approximate surface area is 135 Å². The molecule has 22 heavy (non-hydrogen) atoms. The molecule has 0 aliphatic heterocycles. The summed E-state index contributed by atoms with van der Waals surface area (Å²) in [6.45, 7) is 5.90. The van der Waals surface area contributed by atoms with Gasteiger partial charge in [-0.25, -0.2) is 4.98 Å². The minimum Gasteiger partial charge on any atom is -0.360 e. The molecule has 1 atom stereocenters. The van der Waals surface area contributed by atoms with E-state index in [9.17, 15) is 9.00 Å². The summed E-state index contributed by atoms with van der Waals surface area (Å²) in [4.78, 5) is 16.2. The first-order valence-corrected chi connectivity index (χ1v) is 9.33. The number of nitrogens with zero attached hydrogens (tertiary/aromatic N) is 2. The highest BCUT2D eigenvalue weighted by atomic mass is 32.2. The van der Waals surface area contributed by atoms with E-state index in [4.69, 9.17) is 4.52 Å². The van der Waals surface area contributed by atoms with E-state index in [1.807, 2.05) is 5.38 Å². The van der Waals surface area contributed by atoms with E-state index in [0.29, 0.717) is 29.0 Å². The van der Waals surface area contributed by atoms with Gasteiger partial charge in [0.2, 0.25) is 5.91 Å². The van der Waals surface area contributed by atoms with Crippen LogP contribution >= 0.6 is 11.3 Å². The number of aromatic nitrogens is 2. The molecule has 0 aliphatic rings. The summed E-state index contributed by atoms with van der Waals surface area (Å²) >= 11 is 1.58. The number of hydrogen-bond donors (Lipinski definition) is 1. The molecule has 0 aromatic carbocycles. The van der Waals surface area contributed by atoms with Crippen LogP contribution in [0, 0.1) is 6.92 Å². The van der Waals surface area contributed by atoms with Crippen molar-refractivity contribution >= 4 is 33.9 Å². The highest BCUT2D eigenvalue weighted by molar-refractivity contribution is 7.84. The predicted molar refractivity (Wildman–Crippen MR) is 87.4 cm³/mol.